The molecule has 0 unspecified atom stereocenters. The van der Waals surface area contributed by atoms with Gasteiger partial charge in [-0.15, -0.1) is 0 Å². The zero-order chi connectivity index (χ0) is 12.7. The average Bonchev–Trinajstić information content (AvgIpc) is 2.23. The van der Waals surface area contributed by atoms with Crippen LogP contribution in [0.1, 0.15) is 18.1 Å². The number of aryl methyl sites for hydroxylation is 2. The van der Waals surface area contributed by atoms with Crippen molar-refractivity contribution in [2.24, 2.45) is 0 Å². The van der Waals surface area contributed by atoms with E-state index in [-0.39, 0.29) is 5.97 Å². The topological polar surface area (TPSA) is 35.5 Å². The lowest BCUT2D eigenvalue weighted by Crippen LogP contribution is -2.01. The van der Waals surface area contributed by atoms with Crippen molar-refractivity contribution in [2.75, 3.05) is 13.2 Å². The lowest BCUT2D eigenvalue weighted by atomic mass is 10.1. The SMILES string of the molecule is CCOC(=O)/C=C/COc1cc(C)cc(C)c1. The minimum Gasteiger partial charge on any atom is -0.490 e. The molecule has 3 heteroatoms. The Balaban J connectivity index is 2.43. The molecule has 0 amide bonds. The van der Waals surface area contributed by atoms with Gasteiger partial charge >= 0.3 is 5.97 Å². The van der Waals surface area contributed by atoms with Crippen LogP contribution < -0.4 is 4.74 Å². The molecule has 0 spiro atoms. The summed E-state index contributed by atoms with van der Waals surface area (Å²) < 4.78 is 10.3. The molecular weight excluding hydrogens is 216 g/mol. The van der Waals surface area contributed by atoms with Crippen LogP contribution in [0, 0.1) is 13.8 Å². The van der Waals surface area contributed by atoms with Crippen LogP contribution in [-0.4, -0.2) is 19.2 Å². The van der Waals surface area contributed by atoms with Gasteiger partial charge in [-0.25, -0.2) is 4.79 Å². The Morgan fingerprint density at radius 1 is 1.24 bits per heavy atom. The van der Waals surface area contributed by atoms with Crippen LogP contribution in [0.3, 0.4) is 0 Å². The largest absolute Gasteiger partial charge is 0.490 e. The zero-order valence-electron chi connectivity index (χ0n) is 10.5. The third-order valence-electron chi connectivity index (χ3n) is 2.08. The second-order valence-electron chi connectivity index (χ2n) is 3.79. The number of ether oxygens (including phenoxy) is 2. The molecule has 17 heavy (non-hydrogen) atoms. The van der Waals surface area contributed by atoms with Gasteiger partial charge in [0.1, 0.15) is 12.4 Å². The molecule has 0 fully saturated rings. The van der Waals surface area contributed by atoms with E-state index in [9.17, 15) is 4.79 Å². The molecule has 0 aliphatic heterocycles. The van der Waals surface area contributed by atoms with Crippen LogP contribution in [0.2, 0.25) is 0 Å². The number of carbonyl (C=O) groups excluding carboxylic acids is 1. The summed E-state index contributed by atoms with van der Waals surface area (Å²) in [6.07, 6.45) is 3.03. The van der Waals surface area contributed by atoms with Crippen molar-refractivity contribution in [1.82, 2.24) is 0 Å². The number of rotatable bonds is 5. The molecule has 0 saturated carbocycles. The average molecular weight is 234 g/mol. The predicted octanol–water partition coefficient (Wildman–Crippen LogP) is 2.80. The fourth-order valence-corrected chi connectivity index (χ4v) is 1.50. The maximum atomic E-state index is 11.0. The summed E-state index contributed by atoms with van der Waals surface area (Å²) in [4.78, 5) is 11.0. The summed E-state index contributed by atoms with van der Waals surface area (Å²) >= 11 is 0. The molecule has 1 aromatic carbocycles. The van der Waals surface area contributed by atoms with Crippen LogP contribution in [0.15, 0.2) is 30.4 Å². The van der Waals surface area contributed by atoms with E-state index in [1.807, 2.05) is 26.0 Å². The normalized spacial score (nSPS) is 10.5. The van der Waals surface area contributed by atoms with Gasteiger partial charge < -0.3 is 9.47 Å². The number of benzene rings is 1. The monoisotopic (exact) mass is 234 g/mol. The Morgan fingerprint density at radius 2 is 1.88 bits per heavy atom. The van der Waals surface area contributed by atoms with E-state index < -0.39 is 0 Å². The number of hydrogen-bond donors (Lipinski definition) is 0. The minimum absolute atomic E-state index is 0.337. The standard InChI is InChI=1S/C14H18O3/c1-4-16-14(15)6-5-7-17-13-9-11(2)8-12(3)10-13/h5-6,8-10H,4,7H2,1-3H3/b6-5+. The van der Waals surface area contributed by atoms with Crippen molar-refractivity contribution in [3.05, 3.63) is 41.5 Å². The molecule has 0 radical (unpaired) electrons. The van der Waals surface area contributed by atoms with Crippen LogP contribution in [0.4, 0.5) is 0 Å². The summed E-state index contributed by atoms with van der Waals surface area (Å²) in [6, 6.07) is 6.01. The highest BCUT2D eigenvalue weighted by Crippen LogP contribution is 2.15. The first kappa shape index (κ1) is 13.3. The molecule has 1 aromatic rings. The van der Waals surface area contributed by atoms with Crippen molar-refractivity contribution < 1.29 is 14.3 Å². The third-order valence-corrected chi connectivity index (χ3v) is 2.08. The maximum absolute atomic E-state index is 11.0. The fraction of sp³-hybridized carbons (Fsp3) is 0.357. The highest BCUT2D eigenvalue weighted by Gasteiger charge is 1.96. The Morgan fingerprint density at radius 3 is 2.47 bits per heavy atom. The Hall–Kier alpha value is -1.77. The first-order valence-electron chi connectivity index (χ1n) is 5.66. The molecular formula is C14H18O3. The van der Waals surface area contributed by atoms with E-state index in [2.05, 4.69) is 6.07 Å². The second kappa shape index (κ2) is 6.74. The van der Waals surface area contributed by atoms with Gasteiger partial charge in [0.05, 0.1) is 6.61 Å². The van der Waals surface area contributed by atoms with Gasteiger partial charge in [0.25, 0.3) is 0 Å². The summed E-state index contributed by atoms with van der Waals surface area (Å²) in [7, 11) is 0. The van der Waals surface area contributed by atoms with E-state index in [0.29, 0.717) is 13.2 Å². The first-order chi connectivity index (χ1) is 8.11. The summed E-state index contributed by atoms with van der Waals surface area (Å²) in [6.45, 7) is 6.57. The summed E-state index contributed by atoms with van der Waals surface area (Å²) in [5, 5.41) is 0. The summed E-state index contributed by atoms with van der Waals surface area (Å²) in [5.41, 5.74) is 2.32. The van der Waals surface area contributed by atoms with E-state index in [1.165, 1.54) is 6.08 Å². The van der Waals surface area contributed by atoms with Crippen LogP contribution >= 0.6 is 0 Å². The maximum Gasteiger partial charge on any atom is 0.330 e. The first-order valence-corrected chi connectivity index (χ1v) is 5.66. The van der Waals surface area contributed by atoms with Gasteiger partial charge in [-0.05, 0) is 50.1 Å². The number of esters is 1. The number of hydrogen-bond acceptors (Lipinski definition) is 3. The molecule has 1 rings (SSSR count). The van der Waals surface area contributed by atoms with Crippen molar-refractivity contribution in [1.29, 1.82) is 0 Å². The molecule has 0 saturated heterocycles. The third kappa shape index (κ3) is 5.20. The van der Waals surface area contributed by atoms with Gasteiger partial charge in [-0.3, -0.25) is 0 Å². The molecule has 0 N–H and O–H groups in total. The molecule has 0 aliphatic rings. The highest BCUT2D eigenvalue weighted by atomic mass is 16.5. The van der Waals surface area contributed by atoms with Gasteiger partial charge in [0, 0.05) is 6.08 Å². The van der Waals surface area contributed by atoms with Crippen molar-refractivity contribution in [2.45, 2.75) is 20.8 Å². The van der Waals surface area contributed by atoms with E-state index >= 15 is 0 Å². The smallest absolute Gasteiger partial charge is 0.330 e. The molecule has 0 heterocycles. The van der Waals surface area contributed by atoms with Gasteiger partial charge in [0.2, 0.25) is 0 Å². The quantitative estimate of drug-likeness (QED) is 0.580. The van der Waals surface area contributed by atoms with E-state index in [0.717, 1.165) is 16.9 Å². The molecule has 0 bridgehead atoms. The lowest BCUT2D eigenvalue weighted by molar-refractivity contribution is -0.137. The Bertz CT molecular complexity index is 388. The Kier molecular flexibility index (Phi) is 5.27. The second-order valence-corrected chi connectivity index (χ2v) is 3.79. The van der Waals surface area contributed by atoms with Gasteiger partial charge in [-0.1, -0.05) is 6.07 Å². The van der Waals surface area contributed by atoms with Crippen molar-refractivity contribution >= 4 is 5.97 Å². The molecule has 3 nitrogen and oxygen atoms in total. The summed E-state index contributed by atoms with van der Waals surface area (Å²) in [5.74, 6) is 0.479. The van der Waals surface area contributed by atoms with Crippen LogP contribution in [0.25, 0.3) is 0 Å². The van der Waals surface area contributed by atoms with Gasteiger partial charge in [0.15, 0.2) is 0 Å². The number of carbonyl (C=O) groups is 1. The van der Waals surface area contributed by atoms with E-state index in [1.54, 1.807) is 13.0 Å². The van der Waals surface area contributed by atoms with Crippen molar-refractivity contribution in [3.63, 3.8) is 0 Å². The lowest BCUT2D eigenvalue weighted by Gasteiger charge is -2.05. The molecule has 0 aromatic heterocycles. The fourth-order valence-electron chi connectivity index (χ4n) is 1.50. The minimum atomic E-state index is -0.337. The zero-order valence-corrected chi connectivity index (χ0v) is 10.5. The van der Waals surface area contributed by atoms with Crippen LogP contribution in [0.5, 0.6) is 5.75 Å². The van der Waals surface area contributed by atoms with Crippen molar-refractivity contribution in [3.8, 4) is 5.75 Å². The molecule has 0 atom stereocenters. The highest BCUT2D eigenvalue weighted by molar-refractivity contribution is 5.81. The predicted molar refractivity (Wildman–Crippen MR) is 67.2 cm³/mol. The molecule has 92 valence electrons. The Labute approximate surface area is 102 Å². The van der Waals surface area contributed by atoms with Crippen LogP contribution in [-0.2, 0) is 9.53 Å². The van der Waals surface area contributed by atoms with E-state index in [4.69, 9.17) is 9.47 Å². The van der Waals surface area contributed by atoms with Gasteiger partial charge in [-0.2, -0.15) is 0 Å². The molecule has 0 aliphatic carbocycles.